The van der Waals surface area contributed by atoms with Gasteiger partial charge < -0.3 is 19.2 Å². The first-order valence-electron chi connectivity index (χ1n) is 9.65. The van der Waals surface area contributed by atoms with Gasteiger partial charge in [-0.3, -0.25) is 9.59 Å². The SMILES string of the molecule is COCCNC(=O)c1oc2ccc3c(c2c1C)C(=O)C[C@@](C)(c1ccc(Cl)cc1)O3. The Hall–Kier alpha value is -2.83. The van der Waals surface area contributed by atoms with Gasteiger partial charge in [-0.15, -0.1) is 0 Å². The Morgan fingerprint density at radius 1 is 1.23 bits per heavy atom. The van der Waals surface area contributed by atoms with Gasteiger partial charge in [-0.25, -0.2) is 0 Å². The summed E-state index contributed by atoms with van der Waals surface area (Å²) in [6, 6.07) is 10.7. The number of benzene rings is 2. The van der Waals surface area contributed by atoms with E-state index < -0.39 is 5.60 Å². The van der Waals surface area contributed by atoms with E-state index in [9.17, 15) is 9.59 Å². The Balaban J connectivity index is 1.74. The second kappa shape index (κ2) is 7.78. The number of Topliss-reactive ketones (excluding diaryl/α,β-unsaturated/α-hetero) is 1. The van der Waals surface area contributed by atoms with E-state index in [0.717, 1.165) is 5.56 Å². The molecule has 0 fully saturated rings. The van der Waals surface area contributed by atoms with Crippen LogP contribution in [0.2, 0.25) is 5.02 Å². The second-order valence-electron chi connectivity index (χ2n) is 7.56. The van der Waals surface area contributed by atoms with Crippen LogP contribution in [-0.4, -0.2) is 32.0 Å². The molecule has 1 N–H and O–H groups in total. The highest BCUT2D eigenvalue weighted by Gasteiger charge is 2.40. The summed E-state index contributed by atoms with van der Waals surface area (Å²) in [5.74, 6) is 0.263. The molecule has 1 atom stereocenters. The number of ketones is 1. The minimum Gasteiger partial charge on any atom is -0.482 e. The molecule has 3 aromatic rings. The molecule has 1 aliphatic heterocycles. The molecule has 0 bridgehead atoms. The van der Waals surface area contributed by atoms with Crippen LogP contribution in [-0.2, 0) is 10.3 Å². The second-order valence-corrected chi connectivity index (χ2v) is 7.99. The smallest absolute Gasteiger partial charge is 0.287 e. The fourth-order valence-electron chi connectivity index (χ4n) is 3.88. The summed E-state index contributed by atoms with van der Waals surface area (Å²) in [6.45, 7) is 4.43. The first-order chi connectivity index (χ1) is 14.3. The van der Waals surface area contributed by atoms with E-state index in [1.807, 2.05) is 19.1 Å². The number of carbonyl (C=O) groups excluding carboxylic acids is 2. The van der Waals surface area contributed by atoms with Gasteiger partial charge in [-0.05, 0) is 43.7 Å². The monoisotopic (exact) mass is 427 g/mol. The molecular formula is C23H22ClNO5. The third kappa shape index (κ3) is 3.46. The zero-order chi connectivity index (χ0) is 21.5. The quantitative estimate of drug-likeness (QED) is 0.599. The van der Waals surface area contributed by atoms with Crippen molar-refractivity contribution in [3.63, 3.8) is 0 Å². The highest BCUT2D eigenvalue weighted by Crippen LogP contribution is 2.44. The average molecular weight is 428 g/mol. The van der Waals surface area contributed by atoms with Gasteiger partial charge in [-0.2, -0.15) is 0 Å². The van der Waals surface area contributed by atoms with Crippen LogP contribution < -0.4 is 10.1 Å². The Morgan fingerprint density at radius 2 is 1.97 bits per heavy atom. The lowest BCUT2D eigenvalue weighted by molar-refractivity contribution is 0.0507. The van der Waals surface area contributed by atoms with E-state index in [4.69, 9.17) is 25.5 Å². The molecule has 4 rings (SSSR count). The molecule has 6 nitrogen and oxygen atoms in total. The van der Waals surface area contributed by atoms with Crippen molar-refractivity contribution >= 4 is 34.3 Å². The summed E-state index contributed by atoms with van der Waals surface area (Å²) >= 11 is 6.00. The standard InChI is InChI=1S/C23H22ClNO5/c1-13-19-17(29-21(13)22(27)25-10-11-28-3)8-9-18-20(19)16(26)12-23(2,30-18)14-4-6-15(24)7-5-14/h4-9H,10-12H2,1-3H3,(H,25,27)/t23-/m0/s1. The molecule has 30 heavy (non-hydrogen) atoms. The third-order valence-corrected chi connectivity index (χ3v) is 5.67. The number of halogens is 1. The van der Waals surface area contributed by atoms with Crippen LogP contribution in [0.25, 0.3) is 11.0 Å². The molecule has 0 saturated heterocycles. The van der Waals surface area contributed by atoms with Gasteiger partial charge in [0.15, 0.2) is 11.5 Å². The van der Waals surface area contributed by atoms with Gasteiger partial charge in [0.25, 0.3) is 5.91 Å². The largest absolute Gasteiger partial charge is 0.482 e. The first-order valence-corrected chi connectivity index (χ1v) is 10.0. The molecule has 0 unspecified atom stereocenters. The lowest BCUT2D eigenvalue weighted by Crippen LogP contribution is -2.36. The number of fused-ring (bicyclic) bond motifs is 3. The van der Waals surface area contributed by atoms with Gasteiger partial charge in [-0.1, -0.05) is 23.7 Å². The van der Waals surface area contributed by atoms with Gasteiger partial charge in [0.1, 0.15) is 16.9 Å². The first kappa shape index (κ1) is 20.4. The summed E-state index contributed by atoms with van der Waals surface area (Å²) in [5.41, 5.74) is 1.61. The summed E-state index contributed by atoms with van der Waals surface area (Å²) in [4.78, 5) is 25.7. The molecule has 1 aromatic heterocycles. The predicted molar refractivity (Wildman–Crippen MR) is 114 cm³/mol. The summed E-state index contributed by atoms with van der Waals surface area (Å²) < 4.78 is 17.0. The third-order valence-electron chi connectivity index (χ3n) is 5.42. The summed E-state index contributed by atoms with van der Waals surface area (Å²) in [5, 5.41) is 3.99. The normalized spacial score (nSPS) is 18.2. The molecular weight excluding hydrogens is 406 g/mol. The number of aryl methyl sites for hydroxylation is 1. The number of nitrogens with one attached hydrogen (secondary N) is 1. The zero-order valence-corrected chi connectivity index (χ0v) is 17.8. The van der Waals surface area contributed by atoms with Crippen molar-refractivity contribution < 1.29 is 23.5 Å². The fourth-order valence-corrected chi connectivity index (χ4v) is 4.01. The van der Waals surface area contributed by atoms with Gasteiger partial charge >= 0.3 is 0 Å². The summed E-state index contributed by atoms with van der Waals surface area (Å²) in [6.07, 6.45) is 0.167. The lowest BCUT2D eigenvalue weighted by Gasteiger charge is -2.35. The minimum absolute atomic E-state index is 0.0606. The molecule has 156 valence electrons. The molecule has 7 heteroatoms. The molecule has 0 saturated carbocycles. The van der Waals surface area contributed by atoms with E-state index >= 15 is 0 Å². The number of furan rings is 1. The number of ether oxygens (including phenoxy) is 2. The van der Waals surface area contributed by atoms with Crippen molar-refractivity contribution in [2.75, 3.05) is 20.3 Å². The van der Waals surface area contributed by atoms with E-state index in [1.54, 1.807) is 38.3 Å². The van der Waals surface area contributed by atoms with Gasteiger partial charge in [0, 0.05) is 29.6 Å². The highest BCUT2D eigenvalue weighted by molar-refractivity contribution is 6.30. The van der Waals surface area contributed by atoms with Crippen molar-refractivity contribution in [2.45, 2.75) is 25.9 Å². The van der Waals surface area contributed by atoms with Crippen molar-refractivity contribution in [1.29, 1.82) is 0 Å². The van der Waals surface area contributed by atoms with E-state index in [-0.39, 0.29) is 23.9 Å². The van der Waals surface area contributed by atoms with Crippen LogP contribution in [0.4, 0.5) is 0 Å². The van der Waals surface area contributed by atoms with Crippen LogP contribution >= 0.6 is 11.6 Å². The molecule has 1 amide bonds. The number of hydrogen-bond donors (Lipinski definition) is 1. The number of amides is 1. The van der Waals surface area contributed by atoms with E-state index in [1.165, 1.54) is 0 Å². The van der Waals surface area contributed by atoms with Crippen LogP contribution in [0, 0.1) is 6.92 Å². The molecule has 2 aromatic carbocycles. The van der Waals surface area contributed by atoms with E-state index in [2.05, 4.69) is 5.32 Å². The molecule has 0 radical (unpaired) electrons. The van der Waals surface area contributed by atoms with E-state index in [0.29, 0.717) is 46.0 Å². The van der Waals surface area contributed by atoms with Gasteiger partial charge in [0.2, 0.25) is 0 Å². The minimum atomic E-state index is -0.805. The Morgan fingerprint density at radius 3 is 2.67 bits per heavy atom. The molecule has 2 heterocycles. The maximum absolute atomic E-state index is 13.2. The van der Waals surface area contributed by atoms with Crippen LogP contribution in [0.1, 0.15) is 45.4 Å². The zero-order valence-electron chi connectivity index (χ0n) is 17.0. The molecule has 0 aliphatic carbocycles. The van der Waals surface area contributed by atoms with Crippen molar-refractivity contribution in [3.05, 3.63) is 63.9 Å². The van der Waals surface area contributed by atoms with Crippen molar-refractivity contribution in [3.8, 4) is 5.75 Å². The van der Waals surface area contributed by atoms with Crippen LogP contribution in [0.5, 0.6) is 5.75 Å². The predicted octanol–water partition coefficient (Wildman–Crippen LogP) is 4.65. The fraction of sp³-hybridized carbons (Fsp3) is 0.304. The van der Waals surface area contributed by atoms with Crippen molar-refractivity contribution in [2.24, 2.45) is 0 Å². The number of carbonyl (C=O) groups is 2. The average Bonchev–Trinajstić information content (AvgIpc) is 3.05. The molecule has 1 aliphatic rings. The van der Waals surface area contributed by atoms with Gasteiger partial charge in [0.05, 0.1) is 18.6 Å². The number of rotatable bonds is 5. The molecule has 0 spiro atoms. The summed E-state index contributed by atoms with van der Waals surface area (Å²) in [7, 11) is 1.56. The highest BCUT2D eigenvalue weighted by atomic mass is 35.5. The topological polar surface area (TPSA) is 77.8 Å². The maximum Gasteiger partial charge on any atom is 0.287 e. The Kier molecular flexibility index (Phi) is 5.30. The van der Waals surface area contributed by atoms with Crippen LogP contribution in [0.15, 0.2) is 40.8 Å². The maximum atomic E-state index is 13.2. The lowest BCUT2D eigenvalue weighted by atomic mass is 9.84. The Labute approximate surface area is 179 Å². The number of hydrogen-bond acceptors (Lipinski definition) is 5. The Bertz CT molecular complexity index is 1130. The van der Waals surface area contributed by atoms with Crippen molar-refractivity contribution in [1.82, 2.24) is 5.32 Å². The van der Waals surface area contributed by atoms with Crippen LogP contribution in [0.3, 0.4) is 0 Å². The number of methoxy groups -OCH3 is 1.